The quantitative estimate of drug-likeness (QED) is 0.803. The fraction of sp³-hybridized carbons (Fsp3) is 0.312. The number of nitrogens with zero attached hydrogens (tertiary/aromatic N) is 3. The number of rotatable bonds is 3. The van der Waals surface area contributed by atoms with Gasteiger partial charge in [0.15, 0.2) is 11.3 Å². The predicted molar refractivity (Wildman–Crippen MR) is 82.3 cm³/mol. The van der Waals surface area contributed by atoms with Crippen molar-refractivity contribution in [2.24, 2.45) is 5.92 Å². The van der Waals surface area contributed by atoms with Crippen molar-refractivity contribution < 1.29 is 0 Å². The number of nitrogens with one attached hydrogen (secondary N) is 1. The number of fused-ring (bicyclic) bond motifs is 1. The normalized spacial score (nSPS) is 11.4. The van der Waals surface area contributed by atoms with Crippen LogP contribution < -0.4 is 5.56 Å². The highest BCUT2D eigenvalue weighted by Gasteiger charge is 2.15. The lowest BCUT2D eigenvalue weighted by Crippen LogP contribution is -2.16. The zero-order valence-electron chi connectivity index (χ0n) is 12.4. The molecule has 0 radical (unpaired) electrons. The maximum atomic E-state index is 12.3. The van der Waals surface area contributed by atoms with Crippen LogP contribution in [0.15, 0.2) is 35.1 Å². The fourth-order valence-corrected chi connectivity index (χ4v) is 2.46. The number of H-pyrrole nitrogens is 1. The van der Waals surface area contributed by atoms with E-state index in [2.05, 4.69) is 28.9 Å². The van der Waals surface area contributed by atoms with Crippen molar-refractivity contribution in [1.82, 2.24) is 19.6 Å². The number of benzene rings is 1. The van der Waals surface area contributed by atoms with Crippen molar-refractivity contribution in [3.05, 3.63) is 52.2 Å². The summed E-state index contributed by atoms with van der Waals surface area (Å²) >= 11 is 0. The molecule has 0 aliphatic rings. The van der Waals surface area contributed by atoms with E-state index in [0.717, 1.165) is 23.5 Å². The lowest BCUT2D eigenvalue weighted by Gasteiger charge is -2.05. The van der Waals surface area contributed by atoms with Gasteiger partial charge in [0.2, 0.25) is 0 Å². The molecule has 3 aromatic rings. The summed E-state index contributed by atoms with van der Waals surface area (Å²) < 4.78 is 1.69. The third-order valence-corrected chi connectivity index (χ3v) is 3.38. The van der Waals surface area contributed by atoms with Crippen molar-refractivity contribution in [1.29, 1.82) is 0 Å². The maximum absolute atomic E-state index is 12.3. The molecule has 0 atom stereocenters. The summed E-state index contributed by atoms with van der Waals surface area (Å²) in [5.41, 5.74) is 1.99. The molecule has 0 spiro atoms. The number of hydrogen-bond acceptors (Lipinski definition) is 3. The molecule has 0 amide bonds. The molecule has 21 heavy (non-hydrogen) atoms. The number of aryl methyl sites for hydroxylation is 1. The third kappa shape index (κ3) is 2.46. The average molecular weight is 282 g/mol. The van der Waals surface area contributed by atoms with Gasteiger partial charge in [-0.25, -0.2) is 9.50 Å². The van der Waals surface area contributed by atoms with Crippen molar-refractivity contribution in [2.75, 3.05) is 0 Å². The van der Waals surface area contributed by atoms with Crippen LogP contribution in [0.4, 0.5) is 0 Å². The molecule has 0 aliphatic heterocycles. The Kier molecular flexibility index (Phi) is 3.33. The Bertz CT molecular complexity index is 831. The van der Waals surface area contributed by atoms with Crippen LogP contribution in [-0.2, 0) is 6.42 Å². The van der Waals surface area contributed by atoms with Gasteiger partial charge in [-0.2, -0.15) is 0 Å². The Labute approximate surface area is 122 Å². The molecule has 0 fully saturated rings. The smallest absolute Gasteiger partial charge is 0.277 e. The van der Waals surface area contributed by atoms with Crippen LogP contribution in [0.5, 0.6) is 0 Å². The molecule has 5 heteroatoms. The van der Waals surface area contributed by atoms with Gasteiger partial charge in [-0.05, 0) is 12.8 Å². The Morgan fingerprint density at radius 2 is 1.95 bits per heavy atom. The highest BCUT2D eigenvalue weighted by atomic mass is 16.1. The third-order valence-electron chi connectivity index (χ3n) is 3.38. The molecule has 0 saturated heterocycles. The summed E-state index contributed by atoms with van der Waals surface area (Å²) in [5.74, 6) is 1.85. The maximum Gasteiger partial charge on any atom is 0.277 e. The first-order valence-corrected chi connectivity index (χ1v) is 7.10. The number of hydrogen-bond donors (Lipinski definition) is 1. The fourth-order valence-electron chi connectivity index (χ4n) is 2.46. The van der Waals surface area contributed by atoms with Crippen LogP contribution in [-0.4, -0.2) is 19.6 Å². The summed E-state index contributed by atoms with van der Waals surface area (Å²) in [7, 11) is 0. The molecule has 108 valence electrons. The van der Waals surface area contributed by atoms with Gasteiger partial charge in [-0.1, -0.05) is 44.2 Å². The second-order valence-corrected chi connectivity index (χ2v) is 5.64. The molecule has 3 rings (SSSR count). The van der Waals surface area contributed by atoms with Gasteiger partial charge in [-0.3, -0.25) is 4.79 Å². The minimum atomic E-state index is -0.149. The number of imidazole rings is 1. The average Bonchev–Trinajstić information content (AvgIpc) is 2.76. The second-order valence-electron chi connectivity index (χ2n) is 5.64. The van der Waals surface area contributed by atoms with Crippen LogP contribution >= 0.6 is 0 Å². The highest BCUT2D eigenvalue weighted by molar-refractivity contribution is 5.57. The van der Waals surface area contributed by atoms with Crippen LogP contribution in [0.1, 0.15) is 25.4 Å². The van der Waals surface area contributed by atoms with Crippen LogP contribution in [0.2, 0.25) is 0 Å². The first-order chi connectivity index (χ1) is 10.1. The first-order valence-electron chi connectivity index (χ1n) is 7.10. The lowest BCUT2D eigenvalue weighted by molar-refractivity contribution is 0.607. The van der Waals surface area contributed by atoms with Gasteiger partial charge in [-0.15, -0.1) is 5.10 Å². The molecule has 0 bridgehead atoms. The highest BCUT2D eigenvalue weighted by Crippen LogP contribution is 2.15. The van der Waals surface area contributed by atoms with Crippen molar-refractivity contribution in [3.63, 3.8) is 0 Å². The van der Waals surface area contributed by atoms with Gasteiger partial charge in [0.05, 0.1) is 5.69 Å². The molecule has 0 saturated carbocycles. The van der Waals surface area contributed by atoms with E-state index in [1.165, 1.54) is 0 Å². The summed E-state index contributed by atoms with van der Waals surface area (Å²) in [5, 5.41) is 4.58. The number of aromatic amines is 1. The topological polar surface area (TPSA) is 63.1 Å². The first kappa shape index (κ1) is 13.5. The molecule has 1 N–H and O–H groups in total. The Morgan fingerprint density at radius 3 is 2.62 bits per heavy atom. The van der Waals surface area contributed by atoms with Gasteiger partial charge < -0.3 is 4.98 Å². The molecule has 5 nitrogen and oxygen atoms in total. The molecule has 2 heterocycles. The minimum absolute atomic E-state index is 0.149. The van der Waals surface area contributed by atoms with E-state index < -0.39 is 0 Å². The summed E-state index contributed by atoms with van der Waals surface area (Å²) in [6.07, 6.45) is 0.791. The Morgan fingerprint density at radius 1 is 1.24 bits per heavy atom. The summed E-state index contributed by atoms with van der Waals surface area (Å²) in [4.78, 5) is 19.7. The molecule has 2 aromatic heterocycles. The summed E-state index contributed by atoms with van der Waals surface area (Å²) in [6.45, 7) is 6.10. The SMILES string of the molecule is Cc1nc(CC(C)C)n2nc(-c3ccccc3)[nH]c(=O)c12. The zero-order chi connectivity index (χ0) is 15.0. The minimum Gasteiger partial charge on any atom is -0.303 e. The molecule has 0 unspecified atom stereocenters. The lowest BCUT2D eigenvalue weighted by atomic mass is 10.1. The largest absolute Gasteiger partial charge is 0.303 e. The van der Waals surface area contributed by atoms with Crippen molar-refractivity contribution >= 4 is 5.52 Å². The van der Waals surface area contributed by atoms with Crippen LogP contribution in [0.25, 0.3) is 16.9 Å². The van der Waals surface area contributed by atoms with Gasteiger partial charge in [0.1, 0.15) is 5.82 Å². The molecule has 0 aliphatic carbocycles. The van der Waals surface area contributed by atoms with E-state index in [0.29, 0.717) is 17.3 Å². The van der Waals surface area contributed by atoms with E-state index in [4.69, 9.17) is 0 Å². The van der Waals surface area contributed by atoms with E-state index in [9.17, 15) is 4.79 Å². The van der Waals surface area contributed by atoms with Gasteiger partial charge >= 0.3 is 0 Å². The van der Waals surface area contributed by atoms with Crippen LogP contribution in [0, 0.1) is 12.8 Å². The van der Waals surface area contributed by atoms with Gasteiger partial charge in [0.25, 0.3) is 5.56 Å². The Hall–Kier alpha value is -2.43. The van der Waals surface area contributed by atoms with E-state index in [-0.39, 0.29) is 5.56 Å². The van der Waals surface area contributed by atoms with Crippen LogP contribution in [0.3, 0.4) is 0 Å². The van der Waals surface area contributed by atoms with E-state index in [1.807, 2.05) is 37.3 Å². The standard InChI is InChI=1S/C16H18N4O/c1-10(2)9-13-17-11(3)14-16(21)18-15(19-20(13)14)12-7-5-4-6-8-12/h4-8,10H,9H2,1-3H3,(H,18,19,21). The van der Waals surface area contributed by atoms with Crippen molar-refractivity contribution in [2.45, 2.75) is 27.2 Å². The summed E-state index contributed by atoms with van der Waals surface area (Å²) in [6, 6.07) is 9.64. The number of aromatic nitrogens is 4. The zero-order valence-corrected chi connectivity index (χ0v) is 12.4. The molecule has 1 aromatic carbocycles. The second kappa shape index (κ2) is 5.16. The molecular weight excluding hydrogens is 264 g/mol. The Balaban J connectivity index is 2.25. The monoisotopic (exact) mass is 282 g/mol. The van der Waals surface area contributed by atoms with E-state index in [1.54, 1.807) is 4.52 Å². The predicted octanol–water partition coefficient (Wildman–Crippen LogP) is 2.59. The van der Waals surface area contributed by atoms with E-state index >= 15 is 0 Å². The molecular formula is C16H18N4O. The van der Waals surface area contributed by atoms with Gasteiger partial charge in [0, 0.05) is 12.0 Å². The van der Waals surface area contributed by atoms with Crippen molar-refractivity contribution in [3.8, 4) is 11.4 Å².